The molecule has 0 aromatic carbocycles. The largest absolute Gasteiger partial charge is 0.450 e. The first-order valence-corrected chi connectivity index (χ1v) is 12.1. The molecule has 0 amide bonds. The van der Waals surface area contributed by atoms with Gasteiger partial charge in [-0.1, -0.05) is 32.4 Å². The van der Waals surface area contributed by atoms with Crippen LogP contribution in [-0.4, -0.2) is 45.9 Å². The highest BCUT2D eigenvalue weighted by molar-refractivity contribution is 6.29. The molecule has 0 aromatic rings. The maximum absolute atomic E-state index is 17.2. The minimum absolute atomic E-state index is 0.0285. The second-order valence-electron chi connectivity index (χ2n) is 10.5. The van der Waals surface area contributed by atoms with Gasteiger partial charge in [-0.15, -0.1) is 11.6 Å². The van der Waals surface area contributed by atoms with Crippen molar-refractivity contribution in [2.75, 3.05) is 5.88 Å². The van der Waals surface area contributed by atoms with E-state index < -0.39 is 40.1 Å². The lowest BCUT2D eigenvalue weighted by molar-refractivity contribution is -0.227. The van der Waals surface area contributed by atoms with E-state index in [-0.39, 0.29) is 42.1 Å². The molecule has 7 heteroatoms. The number of hydrogen-bond donors (Lipinski definition) is 1. The van der Waals surface area contributed by atoms with Crippen molar-refractivity contribution < 1.29 is 28.6 Å². The average molecular weight is 467 g/mol. The molecule has 0 spiro atoms. The highest BCUT2D eigenvalue weighted by Gasteiger charge is 2.77. The summed E-state index contributed by atoms with van der Waals surface area (Å²) < 4.78 is 23.1. The number of halogens is 2. The molecule has 0 heterocycles. The van der Waals surface area contributed by atoms with Gasteiger partial charge in [-0.25, -0.2) is 4.39 Å². The van der Waals surface area contributed by atoms with Crippen LogP contribution < -0.4 is 0 Å². The van der Waals surface area contributed by atoms with Gasteiger partial charge >= 0.3 is 5.97 Å². The van der Waals surface area contributed by atoms with Crippen molar-refractivity contribution in [3.63, 3.8) is 0 Å². The minimum Gasteiger partial charge on any atom is -0.450 e. The number of fused-ring (bicyclic) bond motifs is 5. The molecule has 176 valence electrons. The number of Topliss-reactive ketones (excluding diaryl/α,β-unsaturated/α-hetero) is 1. The summed E-state index contributed by atoms with van der Waals surface area (Å²) in [4.78, 5) is 37.7. The van der Waals surface area contributed by atoms with E-state index in [1.165, 1.54) is 12.2 Å². The van der Waals surface area contributed by atoms with E-state index in [4.69, 9.17) is 16.3 Å². The lowest BCUT2D eigenvalue weighted by Crippen LogP contribution is -2.70. The Hall–Kier alpha value is -1.53. The molecule has 4 aliphatic carbocycles. The molecule has 4 aliphatic rings. The van der Waals surface area contributed by atoms with Gasteiger partial charge in [0, 0.05) is 29.1 Å². The van der Waals surface area contributed by atoms with Crippen molar-refractivity contribution in [3.8, 4) is 0 Å². The third-order valence-corrected chi connectivity index (χ3v) is 9.52. The van der Waals surface area contributed by atoms with Crippen LogP contribution in [0.25, 0.3) is 0 Å². The maximum Gasteiger partial charge on any atom is 0.306 e. The van der Waals surface area contributed by atoms with Gasteiger partial charge in [0.2, 0.25) is 0 Å². The molecule has 1 N–H and O–H groups in total. The normalized spacial score (nSPS) is 47.2. The van der Waals surface area contributed by atoms with Crippen molar-refractivity contribution in [3.05, 3.63) is 23.8 Å². The molecule has 8 atom stereocenters. The Morgan fingerprint density at radius 2 is 2.00 bits per heavy atom. The number of aliphatic hydroxyl groups is 1. The highest BCUT2D eigenvalue weighted by atomic mass is 35.5. The summed E-state index contributed by atoms with van der Waals surface area (Å²) in [5.74, 6) is -2.57. The third-order valence-electron chi connectivity index (χ3n) is 9.28. The second kappa shape index (κ2) is 7.49. The zero-order valence-corrected chi connectivity index (χ0v) is 19.9. The zero-order valence-electron chi connectivity index (χ0n) is 19.1. The first-order valence-electron chi connectivity index (χ1n) is 11.5. The van der Waals surface area contributed by atoms with Gasteiger partial charge in [0.1, 0.15) is 0 Å². The summed E-state index contributed by atoms with van der Waals surface area (Å²) in [6, 6.07) is 0. The standard InChI is InChI=1S/C25H32ClFO5/c1-5-21(31)32-25(20(30)13-26)14(2)10-18-17-7-6-15-11-16(28)8-9-22(15,3)24(17,27)19(29)12-23(18,25)4/h8-9,11,14,17-19,29H,5-7,10,12-13H2,1-4H3/t14-,17+,18+,19-,22-,23-,24+,25+/m0/s1. The summed E-state index contributed by atoms with van der Waals surface area (Å²) >= 11 is 6.01. The van der Waals surface area contributed by atoms with Crippen LogP contribution in [0, 0.1) is 28.6 Å². The summed E-state index contributed by atoms with van der Waals surface area (Å²) in [6.07, 6.45) is 4.67. The van der Waals surface area contributed by atoms with Gasteiger partial charge in [-0.2, -0.15) is 0 Å². The number of hydrogen-bond acceptors (Lipinski definition) is 5. The summed E-state index contributed by atoms with van der Waals surface area (Å²) in [5.41, 5.74) is -4.83. The number of esters is 1. The number of allylic oxidation sites excluding steroid dienone is 4. The van der Waals surface area contributed by atoms with Crippen molar-refractivity contribution in [2.24, 2.45) is 28.6 Å². The van der Waals surface area contributed by atoms with Crippen LogP contribution in [0.5, 0.6) is 0 Å². The molecule has 0 saturated heterocycles. The van der Waals surface area contributed by atoms with Gasteiger partial charge in [0.05, 0.1) is 12.0 Å². The van der Waals surface area contributed by atoms with E-state index in [0.717, 1.165) is 0 Å². The number of ketones is 2. The quantitative estimate of drug-likeness (QED) is 0.498. The van der Waals surface area contributed by atoms with Crippen molar-refractivity contribution >= 4 is 29.1 Å². The Balaban J connectivity index is 1.85. The highest BCUT2D eigenvalue weighted by Crippen LogP contribution is 2.71. The van der Waals surface area contributed by atoms with E-state index in [1.807, 2.05) is 13.8 Å². The molecule has 32 heavy (non-hydrogen) atoms. The fourth-order valence-electron chi connectivity index (χ4n) is 7.75. The van der Waals surface area contributed by atoms with Crippen molar-refractivity contribution in [1.29, 1.82) is 0 Å². The van der Waals surface area contributed by atoms with Gasteiger partial charge in [0.15, 0.2) is 22.8 Å². The van der Waals surface area contributed by atoms with Crippen LogP contribution in [0.1, 0.15) is 59.8 Å². The average Bonchev–Trinajstić information content (AvgIpc) is 2.96. The Morgan fingerprint density at radius 1 is 1.31 bits per heavy atom. The third kappa shape index (κ3) is 2.68. The monoisotopic (exact) mass is 466 g/mol. The minimum atomic E-state index is -1.99. The van der Waals surface area contributed by atoms with Crippen LogP contribution in [-0.2, 0) is 19.1 Å². The molecule has 0 aromatic heterocycles. The van der Waals surface area contributed by atoms with Gasteiger partial charge < -0.3 is 9.84 Å². The number of carbonyl (C=O) groups is 3. The molecule has 3 fully saturated rings. The first kappa shape index (κ1) is 23.6. The molecule has 0 aliphatic heterocycles. The summed E-state index contributed by atoms with van der Waals surface area (Å²) in [6.45, 7) is 7.13. The van der Waals surface area contributed by atoms with Crippen molar-refractivity contribution in [1.82, 2.24) is 0 Å². The Labute approximate surface area is 193 Å². The number of aliphatic hydroxyl groups excluding tert-OH is 1. The maximum atomic E-state index is 17.2. The fourth-order valence-corrected chi connectivity index (χ4v) is 7.95. The van der Waals surface area contributed by atoms with Crippen LogP contribution in [0.15, 0.2) is 23.8 Å². The first-order chi connectivity index (χ1) is 14.9. The van der Waals surface area contributed by atoms with E-state index in [1.54, 1.807) is 19.9 Å². The predicted octanol–water partition coefficient (Wildman–Crippen LogP) is 4.10. The zero-order chi connectivity index (χ0) is 23.7. The van der Waals surface area contributed by atoms with Gasteiger partial charge in [-0.3, -0.25) is 14.4 Å². The lowest BCUT2D eigenvalue weighted by atomic mass is 9.44. The summed E-state index contributed by atoms with van der Waals surface area (Å²) in [7, 11) is 0. The molecular weight excluding hydrogens is 435 g/mol. The Morgan fingerprint density at radius 3 is 2.62 bits per heavy atom. The predicted molar refractivity (Wildman–Crippen MR) is 118 cm³/mol. The molecular formula is C25H32ClFO5. The smallest absolute Gasteiger partial charge is 0.306 e. The van der Waals surface area contributed by atoms with Crippen LogP contribution in [0.4, 0.5) is 4.39 Å². The van der Waals surface area contributed by atoms with E-state index in [9.17, 15) is 19.5 Å². The molecule has 4 rings (SSSR count). The lowest BCUT2D eigenvalue weighted by Gasteiger charge is -2.62. The molecule has 3 saturated carbocycles. The number of ether oxygens (including phenoxy) is 1. The topological polar surface area (TPSA) is 80.7 Å². The Bertz CT molecular complexity index is 929. The number of carbonyl (C=O) groups excluding carboxylic acids is 3. The number of rotatable bonds is 4. The molecule has 0 unspecified atom stereocenters. The van der Waals surface area contributed by atoms with Gasteiger partial charge in [-0.05, 0) is 50.7 Å². The fraction of sp³-hybridized carbons (Fsp3) is 0.720. The van der Waals surface area contributed by atoms with Crippen LogP contribution >= 0.6 is 11.6 Å². The second-order valence-corrected chi connectivity index (χ2v) is 10.8. The molecule has 0 bridgehead atoms. The SMILES string of the molecule is CCC(=O)O[C@@]1(C(=O)CCl)[C@@H](C)C[C@@H]2[C@H]3CCC4=CC(=O)C=C[C@]4(C)[C@]3(F)[C@@H](O)C[C@@]21C. The van der Waals surface area contributed by atoms with Gasteiger partial charge in [0.25, 0.3) is 0 Å². The summed E-state index contributed by atoms with van der Waals surface area (Å²) in [5, 5.41) is 11.4. The molecule has 0 radical (unpaired) electrons. The van der Waals surface area contributed by atoms with Crippen LogP contribution in [0.2, 0.25) is 0 Å². The molecule has 5 nitrogen and oxygen atoms in total. The van der Waals surface area contributed by atoms with Crippen molar-refractivity contribution in [2.45, 2.75) is 77.2 Å². The van der Waals surface area contributed by atoms with E-state index in [2.05, 4.69) is 0 Å². The Kier molecular flexibility index (Phi) is 5.53. The number of alkyl halides is 2. The van der Waals surface area contributed by atoms with E-state index in [0.29, 0.717) is 24.8 Å². The van der Waals surface area contributed by atoms with Crippen LogP contribution in [0.3, 0.4) is 0 Å². The van der Waals surface area contributed by atoms with E-state index >= 15 is 4.39 Å².